The van der Waals surface area contributed by atoms with E-state index in [0.29, 0.717) is 25.5 Å². The lowest BCUT2D eigenvalue weighted by Gasteiger charge is -2.38. The molecule has 0 unspecified atom stereocenters. The van der Waals surface area contributed by atoms with Gasteiger partial charge in [0.25, 0.3) is 0 Å². The number of amides is 2. The van der Waals surface area contributed by atoms with E-state index in [4.69, 9.17) is 4.74 Å². The number of hydrogen-bond acceptors (Lipinski definition) is 3. The molecule has 2 heterocycles. The van der Waals surface area contributed by atoms with Gasteiger partial charge in [0.05, 0.1) is 13.1 Å². The van der Waals surface area contributed by atoms with Crippen molar-refractivity contribution < 1.29 is 13.9 Å². The van der Waals surface area contributed by atoms with Gasteiger partial charge in [-0.25, -0.2) is 14.2 Å². The van der Waals surface area contributed by atoms with Crippen LogP contribution in [0.4, 0.5) is 9.18 Å². The first kappa shape index (κ1) is 15.3. The van der Waals surface area contributed by atoms with Crippen LogP contribution in [0.1, 0.15) is 11.3 Å². The van der Waals surface area contributed by atoms with E-state index in [-0.39, 0.29) is 18.0 Å². The first-order valence-electron chi connectivity index (χ1n) is 7.48. The Balaban J connectivity index is 1.42. The molecule has 0 atom stereocenters. The lowest BCUT2D eigenvalue weighted by Crippen LogP contribution is -2.58. The van der Waals surface area contributed by atoms with E-state index in [1.165, 1.54) is 12.1 Å². The zero-order valence-electron chi connectivity index (χ0n) is 12.8. The summed E-state index contributed by atoms with van der Waals surface area (Å²) in [4.78, 5) is 17.9. The highest BCUT2D eigenvalue weighted by atomic mass is 19.1. The maximum Gasteiger partial charge on any atom is 0.317 e. The van der Waals surface area contributed by atoms with Crippen LogP contribution in [0.5, 0.6) is 5.88 Å². The van der Waals surface area contributed by atoms with Crippen molar-refractivity contribution >= 4 is 6.03 Å². The zero-order valence-corrected chi connectivity index (χ0v) is 12.8. The lowest BCUT2D eigenvalue weighted by atomic mass is 10.2. The molecule has 3 rings (SSSR count). The average Bonchev–Trinajstić information content (AvgIpc) is 2.50. The SMILES string of the molecule is Cc1cccc(OC2CN(C(=O)NCc3ccc(F)cc3)C2)n1. The number of hydrogen-bond donors (Lipinski definition) is 1. The molecule has 1 aromatic heterocycles. The molecular formula is C17H18FN3O2. The van der Waals surface area contributed by atoms with Gasteiger partial charge in [-0.2, -0.15) is 0 Å². The second kappa shape index (κ2) is 6.64. The van der Waals surface area contributed by atoms with Crippen molar-refractivity contribution in [1.82, 2.24) is 15.2 Å². The molecule has 0 saturated carbocycles. The van der Waals surface area contributed by atoms with Crippen LogP contribution in [0, 0.1) is 12.7 Å². The molecule has 120 valence electrons. The lowest BCUT2D eigenvalue weighted by molar-refractivity contribution is 0.0412. The number of aromatic nitrogens is 1. The third-order valence-corrected chi connectivity index (χ3v) is 3.64. The van der Waals surface area contributed by atoms with Gasteiger partial charge in [0.2, 0.25) is 5.88 Å². The van der Waals surface area contributed by atoms with E-state index >= 15 is 0 Å². The Bertz CT molecular complexity index is 684. The average molecular weight is 315 g/mol. The highest BCUT2D eigenvalue weighted by Crippen LogP contribution is 2.16. The Labute approximate surface area is 134 Å². The normalized spacial score (nSPS) is 14.3. The van der Waals surface area contributed by atoms with E-state index in [2.05, 4.69) is 10.3 Å². The van der Waals surface area contributed by atoms with Crippen molar-refractivity contribution in [2.75, 3.05) is 13.1 Å². The van der Waals surface area contributed by atoms with E-state index in [1.807, 2.05) is 25.1 Å². The van der Waals surface area contributed by atoms with E-state index in [9.17, 15) is 9.18 Å². The number of carbonyl (C=O) groups is 1. The summed E-state index contributed by atoms with van der Waals surface area (Å²) in [6, 6.07) is 11.5. The number of rotatable bonds is 4. The first-order chi connectivity index (χ1) is 11.1. The Morgan fingerprint density at radius 3 is 2.74 bits per heavy atom. The Hall–Kier alpha value is -2.63. The maximum absolute atomic E-state index is 12.8. The van der Waals surface area contributed by atoms with Crippen LogP contribution in [0.15, 0.2) is 42.5 Å². The van der Waals surface area contributed by atoms with Gasteiger partial charge in [-0.15, -0.1) is 0 Å². The van der Waals surface area contributed by atoms with Gasteiger partial charge in [-0.1, -0.05) is 18.2 Å². The van der Waals surface area contributed by atoms with Crippen molar-refractivity contribution in [2.45, 2.75) is 19.6 Å². The number of halogens is 1. The highest BCUT2D eigenvalue weighted by molar-refractivity contribution is 5.75. The molecule has 1 aromatic carbocycles. The molecule has 23 heavy (non-hydrogen) atoms. The summed E-state index contributed by atoms with van der Waals surface area (Å²) >= 11 is 0. The minimum atomic E-state index is -0.285. The number of likely N-dealkylation sites (tertiary alicyclic amines) is 1. The number of nitrogens with zero attached hydrogens (tertiary/aromatic N) is 2. The van der Waals surface area contributed by atoms with Gasteiger partial charge in [-0.3, -0.25) is 0 Å². The highest BCUT2D eigenvalue weighted by Gasteiger charge is 2.32. The second-order valence-electron chi connectivity index (χ2n) is 5.55. The number of nitrogens with one attached hydrogen (secondary N) is 1. The standard InChI is InChI=1S/C17H18FN3O2/c1-12-3-2-4-16(20-12)23-15-10-21(11-15)17(22)19-9-13-5-7-14(18)8-6-13/h2-8,15H,9-11H2,1H3,(H,19,22). The molecule has 1 aliphatic rings. The molecule has 5 nitrogen and oxygen atoms in total. The van der Waals surface area contributed by atoms with Crippen LogP contribution in [0.2, 0.25) is 0 Å². The van der Waals surface area contributed by atoms with Gasteiger partial charge in [0.15, 0.2) is 0 Å². The van der Waals surface area contributed by atoms with Crippen molar-refractivity contribution in [1.29, 1.82) is 0 Å². The first-order valence-corrected chi connectivity index (χ1v) is 7.48. The molecule has 1 fully saturated rings. The molecule has 1 saturated heterocycles. The van der Waals surface area contributed by atoms with Crippen LogP contribution < -0.4 is 10.1 Å². The number of urea groups is 1. The van der Waals surface area contributed by atoms with E-state index in [0.717, 1.165) is 11.3 Å². The number of pyridine rings is 1. The quantitative estimate of drug-likeness (QED) is 0.943. The topological polar surface area (TPSA) is 54.5 Å². The maximum atomic E-state index is 12.8. The number of benzene rings is 1. The predicted molar refractivity (Wildman–Crippen MR) is 83.6 cm³/mol. The number of aryl methyl sites for hydroxylation is 1. The molecule has 2 aromatic rings. The van der Waals surface area contributed by atoms with Crippen LogP contribution in [-0.2, 0) is 6.54 Å². The molecule has 0 spiro atoms. The zero-order chi connectivity index (χ0) is 16.2. The van der Waals surface area contributed by atoms with Gasteiger partial charge >= 0.3 is 6.03 Å². The van der Waals surface area contributed by atoms with Gasteiger partial charge in [-0.05, 0) is 30.7 Å². The summed E-state index contributed by atoms with van der Waals surface area (Å²) in [7, 11) is 0. The smallest absolute Gasteiger partial charge is 0.317 e. The molecule has 2 amide bonds. The third kappa shape index (κ3) is 3.97. The van der Waals surface area contributed by atoms with Crippen molar-refractivity contribution in [2.24, 2.45) is 0 Å². The second-order valence-corrected chi connectivity index (χ2v) is 5.55. The number of ether oxygens (including phenoxy) is 1. The van der Waals surface area contributed by atoms with Crippen molar-refractivity contribution in [3.8, 4) is 5.88 Å². The van der Waals surface area contributed by atoms with Gasteiger partial charge in [0, 0.05) is 18.3 Å². The summed E-state index contributed by atoms with van der Waals surface area (Å²) in [6.45, 7) is 3.35. The van der Waals surface area contributed by atoms with Crippen LogP contribution in [0.3, 0.4) is 0 Å². The largest absolute Gasteiger partial charge is 0.471 e. The Morgan fingerprint density at radius 1 is 1.30 bits per heavy atom. The Morgan fingerprint density at radius 2 is 2.04 bits per heavy atom. The minimum absolute atomic E-state index is 0.0270. The summed E-state index contributed by atoms with van der Waals surface area (Å²) in [5.41, 5.74) is 1.76. The number of carbonyl (C=O) groups excluding carboxylic acids is 1. The molecule has 0 aliphatic carbocycles. The summed E-state index contributed by atoms with van der Waals surface area (Å²) in [6.07, 6.45) is -0.0270. The minimum Gasteiger partial charge on any atom is -0.471 e. The van der Waals surface area contributed by atoms with Crippen molar-refractivity contribution in [3.05, 3.63) is 59.5 Å². The Kier molecular flexibility index (Phi) is 4.41. The fourth-order valence-corrected chi connectivity index (χ4v) is 2.32. The molecule has 1 N–H and O–H groups in total. The summed E-state index contributed by atoms with van der Waals surface area (Å²) in [5, 5.41) is 2.81. The fraction of sp³-hybridized carbons (Fsp3) is 0.294. The molecule has 0 radical (unpaired) electrons. The van der Waals surface area contributed by atoms with Crippen LogP contribution >= 0.6 is 0 Å². The van der Waals surface area contributed by atoms with Crippen LogP contribution in [0.25, 0.3) is 0 Å². The predicted octanol–water partition coefficient (Wildman–Crippen LogP) is 2.50. The monoisotopic (exact) mass is 315 g/mol. The molecule has 0 bridgehead atoms. The van der Waals surface area contributed by atoms with Crippen LogP contribution in [-0.4, -0.2) is 35.1 Å². The third-order valence-electron chi connectivity index (χ3n) is 3.64. The van der Waals surface area contributed by atoms with E-state index in [1.54, 1.807) is 17.0 Å². The molecule has 1 aliphatic heterocycles. The van der Waals surface area contributed by atoms with Gasteiger partial charge < -0.3 is 15.0 Å². The van der Waals surface area contributed by atoms with E-state index < -0.39 is 0 Å². The molecule has 6 heteroatoms. The van der Waals surface area contributed by atoms with Crippen molar-refractivity contribution in [3.63, 3.8) is 0 Å². The van der Waals surface area contributed by atoms with Gasteiger partial charge in [0.1, 0.15) is 11.9 Å². The summed E-state index contributed by atoms with van der Waals surface area (Å²) in [5.74, 6) is 0.300. The molecular weight excluding hydrogens is 297 g/mol. The summed E-state index contributed by atoms with van der Waals surface area (Å²) < 4.78 is 18.5. The fourth-order valence-electron chi connectivity index (χ4n) is 2.32.